The van der Waals surface area contributed by atoms with Gasteiger partial charge in [0.1, 0.15) is 5.82 Å². The second kappa shape index (κ2) is 5.14. The second-order valence-corrected chi connectivity index (χ2v) is 4.27. The van der Waals surface area contributed by atoms with Crippen LogP contribution < -0.4 is 10.2 Å². The van der Waals surface area contributed by atoms with Crippen LogP contribution in [-0.4, -0.2) is 35.6 Å². The number of aryl methyl sites for hydroxylation is 1. The van der Waals surface area contributed by atoms with E-state index < -0.39 is 0 Å². The predicted octanol–water partition coefficient (Wildman–Crippen LogP) is 0.209. The molecule has 92 valence electrons. The number of nitrogens with one attached hydrogen (secondary N) is 1. The Morgan fingerprint density at radius 3 is 3.12 bits per heavy atom. The molecule has 1 saturated heterocycles. The molecule has 1 amide bonds. The molecule has 0 bridgehead atoms. The van der Waals surface area contributed by atoms with Gasteiger partial charge in [0.25, 0.3) is 0 Å². The van der Waals surface area contributed by atoms with Gasteiger partial charge in [-0.3, -0.25) is 4.79 Å². The second-order valence-electron chi connectivity index (χ2n) is 4.27. The van der Waals surface area contributed by atoms with E-state index in [-0.39, 0.29) is 12.5 Å². The molecule has 2 N–H and O–H groups in total. The molecular formula is C12H17N3O2. The lowest BCUT2D eigenvalue weighted by molar-refractivity contribution is -0.119. The maximum Gasteiger partial charge on any atom is 0.239 e. The summed E-state index contributed by atoms with van der Waals surface area (Å²) in [5.74, 6) is 0.870. The Hall–Kier alpha value is -1.62. The van der Waals surface area contributed by atoms with Gasteiger partial charge in [-0.25, -0.2) is 4.98 Å². The molecule has 1 aromatic rings. The molecule has 0 atom stereocenters. The fraction of sp³-hybridized carbons (Fsp3) is 0.500. The van der Waals surface area contributed by atoms with E-state index in [4.69, 9.17) is 5.11 Å². The summed E-state index contributed by atoms with van der Waals surface area (Å²) in [5.41, 5.74) is 1.79. The van der Waals surface area contributed by atoms with Crippen molar-refractivity contribution >= 4 is 11.7 Å². The number of hydrogen-bond donors (Lipinski definition) is 2. The summed E-state index contributed by atoms with van der Waals surface area (Å²) in [6.07, 6.45) is 2.58. The Balaban J connectivity index is 2.23. The lowest BCUT2D eigenvalue weighted by Crippen LogP contribution is -2.33. The number of pyridine rings is 1. The molecule has 1 aliphatic heterocycles. The molecule has 17 heavy (non-hydrogen) atoms. The minimum absolute atomic E-state index is 0.00535. The number of aromatic nitrogens is 1. The summed E-state index contributed by atoms with van der Waals surface area (Å²) < 4.78 is 0. The van der Waals surface area contributed by atoms with Crippen molar-refractivity contribution < 1.29 is 9.90 Å². The number of aliphatic hydroxyl groups excluding tert-OH is 1. The topological polar surface area (TPSA) is 65.5 Å². The minimum atomic E-state index is -0.00535. The predicted molar refractivity (Wildman–Crippen MR) is 64.7 cm³/mol. The Bertz CT molecular complexity index is 420. The highest BCUT2D eigenvalue weighted by atomic mass is 16.3. The van der Waals surface area contributed by atoms with Crippen LogP contribution in [0.4, 0.5) is 5.82 Å². The van der Waals surface area contributed by atoms with E-state index in [2.05, 4.69) is 10.3 Å². The Kier molecular flexibility index (Phi) is 3.58. The van der Waals surface area contributed by atoms with E-state index in [1.54, 1.807) is 6.20 Å². The van der Waals surface area contributed by atoms with E-state index in [0.29, 0.717) is 6.54 Å². The zero-order valence-corrected chi connectivity index (χ0v) is 9.94. The lowest BCUT2D eigenvalue weighted by atomic mass is 10.2. The highest BCUT2D eigenvalue weighted by Crippen LogP contribution is 2.18. The molecule has 0 aliphatic carbocycles. The summed E-state index contributed by atoms with van der Waals surface area (Å²) in [6.45, 7) is 3.85. The van der Waals surface area contributed by atoms with Crippen LogP contribution in [0.3, 0.4) is 0 Å². The van der Waals surface area contributed by atoms with Crippen molar-refractivity contribution in [3.8, 4) is 0 Å². The van der Waals surface area contributed by atoms with Gasteiger partial charge in [0.2, 0.25) is 5.91 Å². The summed E-state index contributed by atoms with van der Waals surface area (Å²) in [4.78, 5) is 17.8. The van der Waals surface area contributed by atoms with Gasteiger partial charge in [0.05, 0.1) is 13.2 Å². The molecule has 1 aromatic heterocycles. The highest BCUT2D eigenvalue weighted by molar-refractivity contribution is 5.81. The molecule has 1 fully saturated rings. The molecule has 0 aromatic carbocycles. The molecule has 1 aliphatic rings. The molecular weight excluding hydrogens is 218 g/mol. The van der Waals surface area contributed by atoms with Gasteiger partial charge < -0.3 is 15.3 Å². The first-order chi connectivity index (χ1) is 8.20. The summed E-state index contributed by atoms with van der Waals surface area (Å²) >= 11 is 0. The normalized spacial score (nSPS) is 16.6. The molecule has 0 saturated carbocycles. The molecule has 5 nitrogen and oxygen atoms in total. The number of amides is 1. The van der Waals surface area contributed by atoms with Crippen molar-refractivity contribution in [2.45, 2.75) is 20.0 Å². The quantitative estimate of drug-likeness (QED) is 0.769. The fourth-order valence-electron chi connectivity index (χ4n) is 2.03. The third-order valence-electron chi connectivity index (χ3n) is 2.85. The number of carbonyl (C=O) groups is 1. The van der Waals surface area contributed by atoms with Crippen LogP contribution in [0.2, 0.25) is 0 Å². The van der Waals surface area contributed by atoms with Crippen LogP contribution in [0.1, 0.15) is 17.5 Å². The van der Waals surface area contributed by atoms with Crippen molar-refractivity contribution in [3.63, 3.8) is 0 Å². The van der Waals surface area contributed by atoms with E-state index in [9.17, 15) is 4.79 Å². The van der Waals surface area contributed by atoms with Crippen LogP contribution in [0.5, 0.6) is 0 Å². The van der Waals surface area contributed by atoms with Gasteiger partial charge in [-0.1, -0.05) is 0 Å². The average molecular weight is 235 g/mol. The van der Waals surface area contributed by atoms with Crippen LogP contribution >= 0.6 is 0 Å². The zero-order chi connectivity index (χ0) is 12.3. The molecule has 2 rings (SSSR count). The number of anilines is 1. The molecule has 0 radical (unpaired) electrons. The third kappa shape index (κ3) is 2.74. The third-order valence-corrected chi connectivity index (χ3v) is 2.85. The van der Waals surface area contributed by atoms with E-state index in [1.165, 1.54) is 0 Å². The standard InChI is InChI=1S/C12H17N3O2/c1-9-5-10(8-16)6-14-12(9)15-4-2-3-13-11(17)7-15/h5-6,16H,2-4,7-8H2,1H3,(H,13,17). The van der Waals surface area contributed by atoms with Gasteiger partial charge in [0.15, 0.2) is 0 Å². The monoisotopic (exact) mass is 235 g/mol. The number of rotatable bonds is 2. The Morgan fingerprint density at radius 2 is 2.41 bits per heavy atom. The van der Waals surface area contributed by atoms with E-state index in [0.717, 1.165) is 36.5 Å². The van der Waals surface area contributed by atoms with Gasteiger partial charge in [-0.05, 0) is 30.5 Å². The summed E-state index contributed by atoms with van der Waals surface area (Å²) in [6, 6.07) is 1.91. The molecule has 2 heterocycles. The first-order valence-corrected chi connectivity index (χ1v) is 5.78. The number of hydrogen-bond acceptors (Lipinski definition) is 4. The maximum atomic E-state index is 11.5. The van der Waals surface area contributed by atoms with Crippen LogP contribution in [0.25, 0.3) is 0 Å². The SMILES string of the molecule is Cc1cc(CO)cnc1N1CCCNC(=O)C1. The van der Waals surface area contributed by atoms with Gasteiger partial charge >= 0.3 is 0 Å². The first kappa shape index (κ1) is 11.9. The zero-order valence-electron chi connectivity index (χ0n) is 9.94. The van der Waals surface area contributed by atoms with Gasteiger partial charge in [-0.15, -0.1) is 0 Å². The Labute approximate surface area is 100 Å². The van der Waals surface area contributed by atoms with Gasteiger partial charge in [0, 0.05) is 19.3 Å². The molecule has 0 spiro atoms. The average Bonchev–Trinajstić information content (AvgIpc) is 2.53. The first-order valence-electron chi connectivity index (χ1n) is 5.78. The van der Waals surface area contributed by atoms with E-state index >= 15 is 0 Å². The van der Waals surface area contributed by atoms with Gasteiger partial charge in [-0.2, -0.15) is 0 Å². The highest BCUT2D eigenvalue weighted by Gasteiger charge is 2.17. The fourth-order valence-corrected chi connectivity index (χ4v) is 2.03. The largest absolute Gasteiger partial charge is 0.392 e. The van der Waals surface area contributed by atoms with Crippen molar-refractivity contribution in [3.05, 3.63) is 23.4 Å². The number of carbonyl (C=O) groups excluding carboxylic acids is 1. The number of nitrogens with zero attached hydrogens (tertiary/aromatic N) is 2. The van der Waals surface area contributed by atoms with Crippen LogP contribution in [0.15, 0.2) is 12.3 Å². The van der Waals surface area contributed by atoms with Crippen LogP contribution in [0, 0.1) is 6.92 Å². The summed E-state index contributed by atoms with van der Waals surface area (Å²) in [5, 5.41) is 11.9. The van der Waals surface area contributed by atoms with Crippen molar-refractivity contribution in [2.75, 3.05) is 24.5 Å². The van der Waals surface area contributed by atoms with Crippen molar-refractivity contribution in [2.24, 2.45) is 0 Å². The minimum Gasteiger partial charge on any atom is -0.392 e. The lowest BCUT2D eigenvalue weighted by Gasteiger charge is -2.22. The molecule has 0 unspecified atom stereocenters. The smallest absolute Gasteiger partial charge is 0.239 e. The van der Waals surface area contributed by atoms with Crippen molar-refractivity contribution in [1.29, 1.82) is 0 Å². The summed E-state index contributed by atoms with van der Waals surface area (Å²) in [7, 11) is 0. The Morgan fingerprint density at radius 1 is 1.59 bits per heavy atom. The number of aliphatic hydroxyl groups is 1. The maximum absolute atomic E-state index is 11.5. The van der Waals surface area contributed by atoms with Crippen molar-refractivity contribution in [1.82, 2.24) is 10.3 Å². The molecule has 5 heteroatoms. The van der Waals surface area contributed by atoms with Crippen LogP contribution in [-0.2, 0) is 11.4 Å². The van der Waals surface area contributed by atoms with E-state index in [1.807, 2.05) is 17.9 Å².